The summed E-state index contributed by atoms with van der Waals surface area (Å²) in [7, 11) is 0. The number of aryl methyl sites for hydroxylation is 1. The second-order valence-corrected chi connectivity index (χ2v) is 7.31. The van der Waals surface area contributed by atoms with Crippen LogP contribution < -0.4 is 4.90 Å². The van der Waals surface area contributed by atoms with Crippen LogP contribution in [0.15, 0.2) is 47.1 Å². The molecule has 3 aromatic rings. The molecular weight excluding hydrogens is 320 g/mol. The molecular formula is C19H18N2O2S. The van der Waals surface area contributed by atoms with Crippen molar-refractivity contribution in [3.63, 3.8) is 0 Å². The number of rotatable bonds is 2. The van der Waals surface area contributed by atoms with Crippen molar-refractivity contribution >= 4 is 22.9 Å². The number of anilines is 1. The molecule has 2 aromatic heterocycles. The number of carbonyl (C=O) groups excluding carboxylic acids is 1. The summed E-state index contributed by atoms with van der Waals surface area (Å²) in [5, 5.41) is 0.750. The van der Waals surface area contributed by atoms with E-state index in [2.05, 4.69) is 18.0 Å². The Labute approximate surface area is 144 Å². The van der Waals surface area contributed by atoms with Crippen molar-refractivity contribution in [3.8, 4) is 10.8 Å². The summed E-state index contributed by atoms with van der Waals surface area (Å²) < 4.78 is 5.41. The van der Waals surface area contributed by atoms with Gasteiger partial charge in [0.1, 0.15) is 5.69 Å². The molecule has 1 unspecified atom stereocenters. The molecule has 1 atom stereocenters. The van der Waals surface area contributed by atoms with Crippen LogP contribution in [0.1, 0.15) is 40.2 Å². The van der Waals surface area contributed by atoms with Crippen LogP contribution in [0, 0.1) is 6.92 Å². The number of benzene rings is 1. The van der Waals surface area contributed by atoms with Crippen molar-refractivity contribution in [3.05, 3.63) is 58.8 Å². The normalized spacial score (nSPS) is 16.9. The first-order chi connectivity index (χ1) is 11.6. The van der Waals surface area contributed by atoms with Gasteiger partial charge in [-0.2, -0.15) is 0 Å². The number of aromatic nitrogens is 1. The smallest absolute Gasteiger partial charge is 0.278 e. The second kappa shape index (κ2) is 5.91. The summed E-state index contributed by atoms with van der Waals surface area (Å²) in [6.45, 7) is 4.88. The van der Waals surface area contributed by atoms with E-state index in [0.717, 1.165) is 28.5 Å². The Bertz CT molecular complexity index is 883. The van der Waals surface area contributed by atoms with Gasteiger partial charge in [-0.1, -0.05) is 25.1 Å². The van der Waals surface area contributed by atoms with Gasteiger partial charge in [0.05, 0.1) is 6.26 Å². The molecule has 1 aliphatic rings. The molecule has 0 saturated carbocycles. The van der Waals surface area contributed by atoms with E-state index >= 15 is 0 Å². The maximum absolute atomic E-state index is 13.1. The van der Waals surface area contributed by atoms with Crippen molar-refractivity contribution < 1.29 is 9.21 Å². The van der Waals surface area contributed by atoms with E-state index in [4.69, 9.17) is 4.42 Å². The minimum atomic E-state index is -0.0269. The molecule has 0 bridgehead atoms. The fraction of sp³-hybridized carbons (Fsp3) is 0.263. The van der Waals surface area contributed by atoms with E-state index in [1.807, 2.05) is 42.2 Å². The van der Waals surface area contributed by atoms with Crippen molar-refractivity contribution in [1.82, 2.24) is 4.98 Å². The Kier molecular flexibility index (Phi) is 3.73. The molecule has 3 heterocycles. The molecule has 1 amide bonds. The van der Waals surface area contributed by atoms with Gasteiger partial charge >= 0.3 is 0 Å². The fourth-order valence-electron chi connectivity index (χ4n) is 3.19. The maximum Gasteiger partial charge on any atom is 0.278 e. The average Bonchev–Trinajstić information content (AvgIpc) is 3.24. The third-order valence-electron chi connectivity index (χ3n) is 4.52. The van der Waals surface area contributed by atoms with Crippen LogP contribution in [-0.4, -0.2) is 17.4 Å². The molecule has 1 aromatic carbocycles. The van der Waals surface area contributed by atoms with E-state index in [0.29, 0.717) is 17.4 Å². The third kappa shape index (κ3) is 2.45. The van der Waals surface area contributed by atoms with Crippen molar-refractivity contribution in [2.45, 2.75) is 26.2 Å². The lowest BCUT2D eigenvalue weighted by molar-refractivity contribution is 0.0980. The highest BCUT2D eigenvalue weighted by Gasteiger charge is 2.29. The largest absolute Gasteiger partial charge is 0.462 e. The first-order valence-electron chi connectivity index (χ1n) is 8.07. The molecule has 0 N–H and O–H groups in total. The standard InChI is InChI=1S/C19H18N2O2S/c1-12-9-10-21(15-7-4-3-6-14(12)15)19(22)17-13(2)24-18(20-17)16-8-5-11-23-16/h3-8,11-12H,9-10H2,1-2H3. The second-order valence-electron chi connectivity index (χ2n) is 6.11. The number of carbonyl (C=O) groups is 1. The monoisotopic (exact) mass is 338 g/mol. The van der Waals surface area contributed by atoms with Crippen LogP contribution in [0.5, 0.6) is 0 Å². The molecule has 0 spiro atoms. The molecule has 24 heavy (non-hydrogen) atoms. The number of amides is 1. The first kappa shape index (κ1) is 15.1. The Hall–Kier alpha value is -2.40. The number of thiazole rings is 1. The predicted molar refractivity (Wildman–Crippen MR) is 95.7 cm³/mol. The van der Waals surface area contributed by atoms with Gasteiger partial charge < -0.3 is 9.32 Å². The van der Waals surface area contributed by atoms with Crippen LogP contribution in [-0.2, 0) is 0 Å². The molecule has 122 valence electrons. The number of hydrogen-bond acceptors (Lipinski definition) is 4. The van der Waals surface area contributed by atoms with E-state index < -0.39 is 0 Å². The zero-order valence-electron chi connectivity index (χ0n) is 13.7. The Morgan fingerprint density at radius 2 is 2.12 bits per heavy atom. The van der Waals surface area contributed by atoms with Gasteiger partial charge in [-0.25, -0.2) is 4.98 Å². The summed E-state index contributed by atoms with van der Waals surface area (Å²) >= 11 is 1.49. The van der Waals surface area contributed by atoms with Crippen molar-refractivity contribution in [2.75, 3.05) is 11.4 Å². The Morgan fingerprint density at radius 1 is 1.29 bits per heavy atom. The van der Waals surface area contributed by atoms with Gasteiger partial charge in [0, 0.05) is 17.1 Å². The SMILES string of the molecule is Cc1sc(-c2ccco2)nc1C(=O)N1CCC(C)c2ccccc21. The maximum atomic E-state index is 13.1. The molecule has 4 nitrogen and oxygen atoms in total. The van der Waals surface area contributed by atoms with Crippen LogP contribution in [0.3, 0.4) is 0 Å². The number of hydrogen-bond donors (Lipinski definition) is 0. The summed E-state index contributed by atoms with van der Waals surface area (Å²) in [4.78, 5) is 20.4. The molecule has 0 aliphatic carbocycles. The molecule has 0 fully saturated rings. The number of para-hydroxylation sites is 1. The van der Waals surface area contributed by atoms with Crippen LogP contribution in [0.2, 0.25) is 0 Å². The lowest BCUT2D eigenvalue weighted by Crippen LogP contribution is -2.36. The van der Waals surface area contributed by atoms with Gasteiger partial charge in [-0.05, 0) is 43.0 Å². The number of furan rings is 1. The molecule has 0 saturated heterocycles. The predicted octanol–water partition coefficient (Wildman–Crippen LogP) is 4.87. The summed E-state index contributed by atoms with van der Waals surface area (Å²) in [5.41, 5.74) is 2.76. The molecule has 4 rings (SSSR count). The van der Waals surface area contributed by atoms with Crippen LogP contribution in [0.25, 0.3) is 10.8 Å². The van der Waals surface area contributed by atoms with E-state index in [1.165, 1.54) is 16.9 Å². The van der Waals surface area contributed by atoms with Crippen molar-refractivity contribution in [1.29, 1.82) is 0 Å². The molecule has 0 radical (unpaired) electrons. The average molecular weight is 338 g/mol. The minimum absolute atomic E-state index is 0.0269. The lowest BCUT2D eigenvalue weighted by atomic mass is 9.91. The molecule has 1 aliphatic heterocycles. The van der Waals surface area contributed by atoms with Gasteiger partial charge in [0.25, 0.3) is 5.91 Å². The van der Waals surface area contributed by atoms with Gasteiger partial charge in [-0.3, -0.25) is 4.79 Å². The highest BCUT2D eigenvalue weighted by atomic mass is 32.1. The summed E-state index contributed by atoms with van der Waals surface area (Å²) in [6.07, 6.45) is 2.59. The summed E-state index contributed by atoms with van der Waals surface area (Å²) in [5.74, 6) is 1.15. The highest BCUT2D eigenvalue weighted by molar-refractivity contribution is 7.15. The zero-order chi connectivity index (χ0) is 16.7. The highest BCUT2D eigenvalue weighted by Crippen LogP contribution is 2.36. The quantitative estimate of drug-likeness (QED) is 0.670. The van der Waals surface area contributed by atoms with Crippen LogP contribution in [0.4, 0.5) is 5.69 Å². The first-order valence-corrected chi connectivity index (χ1v) is 8.89. The number of nitrogens with zero attached hydrogens (tertiary/aromatic N) is 2. The topological polar surface area (TPSA) is 46.3 Å². The minimum Gasteiger partial charge on any atom is -0.462 e. The zero-order valence-corrected chi connectivity index (χ0v) is 14.5. The Balaban J connectivity index is 1.71. The summed E-state index contributed by atoms with van der Waals surface area (Å²) in [6, 6.07) is 11.9. The van der Waals surface area contributed by atoms with Gasteiger partial charge in [0.2, 0.25) is 0 Å². The Morgan fingerprint density at radius 3 is 2.92 bits per heavy atom. The van der Waals surface area contributed by atoms with E-state index in [9.17, 15) is 4.79 Å². The third-order valence-corrected chi connectivity index (χ3v) is 5.51. The van der Waals surface area contributed by atoms with E-state index in [-0.39, 0.29) is 5.91 Å². The number of fused-ring (bicyclic) bond motifs is 1. The molecule has 5 heteroatoms. The fourth-order valence-corrected chi connectivity index (χ4v) is 4.06. The van der Waals surface area contributed by atoms with Gasteiger partial charge in [0.15, 0.2) is 10.8 Å². The van der Waals surface area contributed by atoms with Crippen molar-refractivity contribution in [2.24, 2.45) is 0 Å². The van der Waals surface area contributed by atoms with Crippen LogP contribution >= 0.6 is 11.3 Å². The lowest BCUT2D eigenvalue weighted by Gasteiger charge is -2.32. The van der Waals surface area contributed by atoms with E-state index in [1.54, 1.807) is 6.26 Å². The van der Waals surface area contributed by atoms with Gasteiger partial charge in [-0.15, -0.1) is 11.3 Å².